The molecule has 12 heavy (non-hydrogen) atoms. The van der Waals surface area contributed by atoms with Crippen molar-refractivity contribution in [2.24, 2.45) is 17.8 Å². The summed E-state index contributed by atoms with van der Waals surface area (Å²) in [6.07, 6.45) is 6.53. The van der Waals surface area contributed by atoms with Crippen LogP contribution in [-0.2, 0) is 0 Å². The average molecular weight is 166 g/mol. The van der Waals surface area contributed by atoms with Crippen molar-refractivity contribution in [1.29, 1.82) is 0 Å². The lowest BCUT2D eigenvalue weighted by Gasteiger charge is -2.47. The van der Waals surface area contributed by atoms with Crippen molar-refractivity contribution < 1.29 is 0 Å². The smallest absolute Gasteiger partial charge is 0.0175 e. The molecular formula is C12H22. The Bertz CT molecular complexity index is 167. The van der Waals surface area contributed by atoms with Gasteiger partial charge in [-0.05, 0) is 37.5 Å². The van der Waals surface area contributed by atoms with E-state index in [-0.39, 0.29) is 0 Å². The molecule has 3 aliphatic rings. The van der Waals surface area contributed by atoms with E-state index in [1.54, 1.807) is 5.57 Å². The normalized spacial score (nSPS) is 37.3. The van der Waals surface area contributed by atoms with Gasteiger partial charge < -0.3 is 0 Å². The van der Waals surface area contributed by atoms with Crippen molar-refractivity contribution in [3.63, 3.8) is 0 Å². The van der Waals surface area contributed by atoms with Gasteiger partial charge in [0, 0.05) is 0 Å². The van der Waals surface area contributed by atoms with Gasteiger partial charge in [-0.2, -0.15) is 0 Å². The molecule has 3 rings (SSSR count). The second-order valence-corrected chi connectivity index (χ2v) is 4.35. The largest absolute Gasteiger partial charge is 0.0850 e. The predicted octanol–water partition coefficient (Wildman–Crippen LogP) is 4.02. The highest BCUT2D eigenvalue weighted by atomic mass is 14.4. The van der Waals surface area contributed by atoms with Gasteiger partial charge >= 0.3 is 0 Å². The molecule has 0 spiro atoms. The summed E-state index contributed by atoms with van der Waals surface area (Å²) in [5.74, 6) is 3.04. The Labute approximate surface area is 77.1 Å². The monoisotopic (exact) mass is 166 g/mol. The highest BCUT2D eigenvalue weighted by Gasteiger charge is 2.40. The van der Waals surface area contributed by atoms with E-state index in [9.17, 15) is 0 Å². The van der Waals surface area contributed by atoms with Gasteiger partial charge in [-0.3, -0.25) is 0 Å². The Morgan fingerprint density at radius 2 is 2.00 bits per heavy atom. The zero-order valence-electron chi connectivity index (χ0n) is 8.93. The molecule has 0 aliphatic heterocycles. The van der Waals surface area contributed by atoms with Gasteiger partial charge in [-0.1, -0.05) is 38.8 Å². The topological polar surface area (TPSA) is 0 Å². The lowest BCUT2D eigenvalue weighted by atomic mass is 9.58. The molecule has 1 saturated carbocycles. The van der Waals surface area contributed by atoms with Gasteiger partial charge in [-0.25, -0.2) is 0 Å². The highest BCUT2D eigenvalue weighted by Crippen LogP contribution is 2.49. The summed E-state index contributed by atoms with van der Waals surface area (Å²) in [7, 11) is 0. The SMILES string of the molecule is CC1=CCC2C[C@@H]1[C@H]2C.CCC. The van der Waals surface area contributed by atoms with E-state index in [4.69, 9.17) is 0 Å². The fourth-order valence-electron chi connectivity index (χ4n) is 2.29. The first-order valence-corrected chi connectivity index (χ1v) is 5.37. The highest BCUT2D eigenvalue weighted by molar-refractivity contribution is 5.16. The first-order chi connectivity index (χ1) is 5.70. The van der Waals surface area contributed by atoms with Crippen LogP contribution in [0.2, 0.25) is 0 Å². The van der Waals surface area contributed by atoms with E-state index < -0.39 is 0 Å². The van der Waals surface area contributed by atoms with Crippen LogP contribution in [0.15, 0.2) is 11.6 Å². The summed E-state index contributed by atoms with van der Waals surface area (Å²) < 4.78 is 0. The fourth-order valence-corrected chi connectivity index (χ4v) is 2.29. The minimum Gasteiger partial charge on any atom is -0.0850 e. The van der Waals surface area contributed by atoms with Crippen LogP contribution in [0.3, 0.4) is 0 Å². The van der Waals surface area contributed by atoms with E-state index in [2.05, 4.69) is 33.8 Å². The molecular weight excluding hydrogens is 144 g/mol. The quantitative estimate of drug-likeness (QED) is 0.477. The third-order valence-electron chi connectivity index (χ3n) is 3.26. The minimum absolute atomic E-state index is 0.976. The zero-order valence-corrected chi connectivity index (χ0v) is 8.93. The van der Waals surface area contributed by atoms with Crippen LogP contribution in [0.25, 0.3) is 0 Å². The number of fused-ring (bicyclic) bond motifs is 1. The maximum Gasteiger partial charge on any atom is -0.0175 e. The standard InChI is InChI=1S/C9H14.C3H8/c1-6-3-4-8-5-9(6)7(8)2;1-3-2/h3,7-9H,4-5H2,1-2H3;3H2,1-2H3/t7-,8?,9-;/m0./s1. The van der Waals surface area contributed by atoms with Crippen LogP contribution in [-0.4, -0.2) is 0 Å². The molecule has 3 aliphatic carbocycles. The Kier molecular flexibility index (Phi) is 3.37. The van der Waals surface area contributed by atoms with Gasteiger partial charge in [0.2, 0.25) is 0 Å². The van der Waals surface area contributed by atoms with Gasteiger partial charge in [-0.15, -0.1) is 0 Å². The lowest BCUT2D eigenvalue weighted by Crippen LogP contribution is -2.37. The van der Waals surface area contributed by atoms with Crippen LogP contribution in [0.1, 0.15) is 47.0 Å². The molecule has 0 nitrogen and oxygen atoms in total. The van der Waals surface area contributed by atoms with Crippen LogP contribution in [0.4, 0.5) is 0 Å². The van der Waals surface area contributed by atoms with Crippen molar-refractivity contribution >= 4 is 0 Å². The van der Waals surface area contributed by atoms with Crippen LogP contribution >= 0.6 is 0 Å². The Balaban J connectivity index is 0.000000213. The molecule has 0 aromatic rings. The Hall–Kier alpha value is -0.260. The van der Waals surface area contributed by atoms with E-state index in [1.165, 1.54) is 19.3 Å². The van der Waals surface area contributed by atoms with E-state index in [0.717, 1.165) is 17.8 Å². The molecule has 3 atom stereocenters. The van der Waals surface area contributed by atoms with Crippen molar-refractivity contribution in [3.8, 4) is 0 Å². The van der Waals surface area contributed by atoms with Crippen LogP contribution in [0, 0.1) is 17.8 Å². The third kappa shape index (κ3) is 1.73. The minimum atomic E-state index is 0.976. The summed E-state index contributed by atoms with van der Waals surface area (Å²) >= 11 is 0. The lowest BCUT2D eigenvalue weighted by molar-refractivity contribution is 0.104. The molecule has 0 N–H and O–H groups in total. The van der Waals surface area contributed by atoms with E-state index in [0.29, 0.717) is 0 Å². The van der Waals surface area contributed by atoms with Gasteiger partial charge in [0.05, 0.1) is 0 Å². The molecule has 0 saturated heterocycles. The molecule has 1 fully saturated rings. The van der Waals surface area contributed by atoms with Crippen molar-refractivity contribution in [2.75, 3.05) is 0 Å². The molecule has 0 aromatic carbocycles. The summed E-state index contributed by atoms with van der Waals surface area (Å²) in [6, 6.07) is 0. The zero-order chi connectivity index (χ0) is 9.14. The number of hydrogen-bond donors (Lipinski definition) is 0. The first-order valence-electron chi connectivity index (χ1n) is 5.37. The second kappa shape index (κ2) is 4.11. The first kappa shape index (κ1) is 9.83. The molecule has 1 unspecified atom stereocenters. The number of rotatable bonds is 0. The maximum absolute atomic E-state index is 2.43. The van der Waals surface area contributed by atoms with Crippen LogP contribution in [0.5, 0.6) is 0 Å². The maximum atomic E-state index is 2.43. The second-order valence-electron chi connectivity index (χ2n) is 4.35. The van der Waals surface area contributed by atoms with E-state index >= 15 is 0 Å². The molecule has 0 heteroatoms. The van der Waals surface area contributed by atoms with Crippen LogP contribution < -0.4 is 0 Å². The number of allylic oxidation sites excluding steroid dienone is 2. The summed E-state index contributed by atoms with van der Waals surface area (Å²) in [4.78, 5) is 0. The van der Waals surface area contributed by atoms with Crippen molar-refractivity contribution in [3.05, 3.63) is 11.6 Å². The molecule has 70 valence electrons. The van der Waals surface area contributed by atoms with Crippen molar-refractivity contribution in [1.82, 2.24) is 0 Å². The fraction of sp³-hybridized carbons (Fsp3) is 0.833. The predicted molar refractivity (Wildman–Crippen MR) is 55.1 cm³/mol. The van der Waals surface area contributed by atoms with E-state index in [1.807, 2.05) is 0 Å². The molecule has 0 heterocycles. The van der Waals surface area contributed by atoms with Gasteiger partial charge in [0.1, 0.15) is 0 Å². The number of hydrogen-bond acceptors (Lipinski definition) is 0. The Morgan fingerprint density at radius 1 is 1.42 bits per heavy atom. The third-order valence-corrected chi connectivity index (χ3v) is 3.26. The summed E-state index contributed by atoms with van der Waals surface area (Å²) in [5.41, 5.74) is 1.66. The average Bonchev–Trinajstić information content (AvgIpc) is 2.04. The summed E-state index contributed by atoms with van der Waals surface area (Å²) in [5, 5.41) is 0. The molecule has 0 radical (unpaired) electrons. The molecule has 0 aromatic heterocycles. The molecule has 0 amide bonds. The van der Waals surface area contributed by atoms with Gasteiger partial charge in [0.25, 0.3) is 0 Å². The summed E-state index contributed by atoms with van der Waals surface area (Å²) in [6.45, 7) is 8.94. The Morgan fingerprint density at radius 3 is 2.25 bits per heavy atom. The van der Waals surface area contributed by atoms with Gasteiger partial charge in [0.15, 0.2) is 0 Å². The molecule has 2 bridgehead atoms. The van der Waals surface area contributed by atoms with Crippen molar-refractivity contribution in [2.45, 2.75) is 47.0 Å².